The first-order valence-electron chi connectivity index (χ1n) is 6.76. The standard InChI is InChI=1S/C16H16BrFN2O3/c1-22-14-5-2-10(6-15(14)23-9-16(19)21)8-20-11-3-4-12(17)13(18)7-11/h2-7,20H,8-9H2,1H3,(H2,19,21). The number of hydrogen-bond acceptors (Lipinski definition) is 4. The molecule has 0 aliphatic heterocycles. The number of ether oxygens (including phenoxy) is 2. The zero-order valence-corrected chi connectivity index (χ0v) is 14.0. The van der Waals surface area contributed by atoms with Gasteiger partial charge in [-0.1, -0.05) is 6.07 Å². The van der Waals surface area contributed by atoms with E-state index in [0.29, 0.717) is 28.2 Å². The molecule has 0 aliphatic carbocycles. The summed E-state index contributed by atoms with van der Waals surface area (Å²) in [6, 6.07) is 10.1. The highest BCUT2D eigenvalue weighted by molar-refractivity contribution is 9.10. The minimum absolute atomic E-state index is 0.231. The number of amides is 1. The van der Waals surface area contributed by atoms with Crippen LogP contribution in [0.15, 0.2) is 40.9 Å². The molecule has 0 radical (unpaired) electrons. The Bertz CT molecular complexity index is 710. The molecule has 2 rings (SSSR count). The molecule has 0 unspecified atom stereocenters. The van der Waals surface area contributed by atoms with E-state index in [1.54, 1.807) is 24.3 Å². The van der Waals surface area contributed by atoms with Crippen LogP contribution in [0.4, 0.5) is 10.1 Å². The number of rotatable bonds is 7. The van der Waals surface area contributed by atoms with Gasteiger partial charge in [-0.3, -0.25) is 4.79 Å². The molecule has 2 aromatic rings. The number of halogens is 2. The van der Waals surface area contributed by atoms with Crippen molar-refractivity contribution in [2.45, 2.75) is 6.54 Å². The molecule has 0 bridgehead atoms. The van der Waals surface area contributed by atoms with Gasteiger partial charge in [0.05, 0.1) is 11.6 Å². The Morgan fingerprint density at radius 3 is 2.70 bits per heavy atom. The van der Waals surface area contributed by atoms with Gasteiger partial charge < -0.3 is 20.5 Å². The Balaban J connectivity index is 2.08. The summed E-state index contributed by atoms with van der Waals surface area (Å²) in [6.45, 7) is 0.225. The van der Waals surface area contributed by atoms with E-state index >= 15 is 0 Å². The fraction of sp³-hybridized carbons (Fsp3) is 0.188. The molecule has 23 heavy (non-hydrogen) atoms. The molecule has 0 aliphatic rings. The number of nitrogens with one attached hydrogen (secondary N) is 1. The Morgan fingerprint density at radius 1 is 1.26 bits per heavy atom. The first-order valence-corrected chi connectivity index (χ1v) is 7.56. The van der Waals surface area contributed by atoms with Gasteiger partial charge in [0.2, 0.25) is 0 Å². The van der Waals surface area contributed by atoms with Gasteiger partial charge >= 0.3 is 0 Å². The number of methoxy groups -OCH3 is 1. The van der Waals surface area contributed by atoms with Gasteiger partial charge in [0.15, 0.2) is 18.1 Å². The van der Waals surface area contributed by atoms with Crippen LogP contribution in [0.1, 0.15) is 5.56 Å². The molecule has 0 spiro atoms. The normalized spacial score (nSPS) is 10.2. The van der Waals surface area contributed by atoms with E-state index in [0.717, 1.165) is 5.56 Å². The number of nitrogens with two attached hydrogens (primary N) is 1. The molecule has 2 aromatic carbocycles. The monoisotopic (exact) mass is 382 g/mol. The Kier molecular flexibility index (Phi) is 5.81. The molecular formula is C16H16BrFN2O3. The SMILES string of the molecule is COc1ccc(CNc2ccc(Br)c(F)c2)cc1OCC(N)=O. The highest BCUT2D eigenvalue weighted by Crippen LogP contribution is 2.28. The molecule has 0 saturated heterocycles. The average Bonchev–Trinajstić information content (AvgIpc) is 2.54. The van der Waals surface area contributed by atoms with Crippen molar-refractivity contribution in [2.75, 3.05) is 19.0 Å². The molecular weight excluding hydrogens is 367 g/mol. The topological polar surface area (TPSA) is 73.6 Å². The summed E-state index contributed by atoms with van der Waals surface area (Å²) >= 11 is 3.11. The van der Waals surface area contributed by atoms with Crippen LogP contribution in [0, 0.1) is 5.82 Å². The minimum Gasteiger partial charge on any atom is -0.493 e. The van der Waals surface area contributed by atoms with E-state index in [4.69, 9.17) is 15.2 Å². The van der Waals surface area contributed by atoms with Gasteiger partial charge in [0.25, 0.3) is 5.91 Å². The van der Waals surface area contributed by atoms with Crippen LogP contribution in [0.5, 0.6) is 11.5 Å². The van der Waals surface area contributed by atoms with Crippen LogP contribution in [0.25, 0.3) is 0 Å². The largest absolute Gasteiger partial charge is 0.493 e. The molecule has 0 atom stereocenters. The smallest absolute Gasteiger partial charge is 0.255 e. The van der Waals surface area contributed by atoms with Crippen molar-refractivity contribution in [1.29, 1.82) is 0 Å². The molecule has 122 valence electrons. The predicted molar refractivity (Wildman–Crippen MR) is 89.1 cm³/mol. The third kappa shape index (κ3) is 4.85. The Hall–Kier alpha value is -2.28. The molecule has 0 aromatic heterocycles. The molecule has 5 nitrogen and oxygen atoms in total. The molecule has 1 amide bonds. The predicted octanol–water partition coefficient (Wildman–Crippen LogP) is 3.07. The third-order valence-corrected chi connectivity index (χ3v) is 3.66. The molecule has 0 heterocycles. The lowest BCUT2D eigenvalue weighted by molar-refractivity contribution is -0.119. The molecule has 0 saturated carbocycles. The maximum absolute atomic E-state index is 13.5. The first kappa shape index (κ1) is 17.1. The van der Waals surface area contributed by atoms with Crippen molar-refractivity contribution in [3.8, 4) is 11.5 Å². The van der Waals surface area contributed by atoms with Crippen molar-refractivity contribution in [3.63, 3.8) is 0 Å². The average molecular weight is 383 g/mol. The highest BCUT2D eigenvalue weighted by atomic mass is 79.9. The number of carbonyl (C=O) groups excluding carboxylic acids is 1. The summed E-state index contributed by atoms with van der Waals surface area (Å²) in [5.41, 5.74) is 6.61. The van der Waals surface area contributed by atoms with Gasteiger partial charge in [-0.15, -0.1) is 0 Å². The number of benzene rings is 2. The fourth-order valence-electron chi connectivity index (χ4n) is 1.90. The second kappa shape index (κ2) is 7.82. The van der Waals surface area contributed by atoms with Gasteiger partial charge in [-0.2, -0.15) is 0 Å². The second-order valence-corrected chi connectivity index (χ2v) is 5.58. The second-order valence-electron chi connectivity index (χ2n) is 4.72. The maximum atomic E-state index is 13.5. The van der Waals surface area contributed by atoms with E-state index < -0.39 is 5.91 Å². The minimum atomic E-state index is -0.569. The number of anilines is 1. The van der Waals surface area contributed by atoms with Crippen molar-refractivity contribution in [1.82, 2.24) is 0 Å². The Morgan fingerprint density at radius 2 is 2.04 bits per heavy atom. The summed E-state index contributed by atoms with van der Waals surface area (Å²) in [4.78, 5) is 10.8. The lowest BCUT2D eigenvalue weighted by atomic mass is 10.2. The summed E-state index contributed by atoms with van der Waals surface area (Å²) in [7, 11) is 1.51. The van der Waals surface area contributed by atoms with Crippen molar-refractivity contribution in [2.24, 2.45) is 5.73 Å². The van der Waals surface area contributed by atoms with Gasteiger partial charge in [-0.25, -0.2) is 4.39 Å². The summed E-state index contributed by atoms with van der Waals surface area (Å²) in [5.74, 6) is 0.0217. The van der Waals surface area contributed by atoms with Crippen LogP contribution < -0.4 is 20.5 Å². The fourth-order valence-corrected chi connectivity index (χ4v) is 2.15. The first-order chi connectivity index (χ1) is 11.0. The zero-order chi connectivity index (χ0) is 16.8. The zero-order valence-electron chi connectivity index (χ0n) is 12.4. The molecule has 7 heteroatoms. The van der Waals surface area contributed by atoms with E-state index in [-0.39, 0.29) is 12.4 Å². The quantitative estimate of drug-likeness (QED) is 0.771. The Labute approximate surface area is 141 Å². The van der Waals surface area contributed by atoms with E-state index in [1.165, 1.54) is 13.2 Å². The lowest BCUT2D eigenvalue weighted by Gasteiger charge is -2.12. The van der Waals surface area contributed by atoms with Crippen molar-refractivity contribution >= 4 is 27.5 Å². The molecule has 0 fully saturated rings. The van der Waals surface area contributed by atoms with Crippen LogP contribution in [-0.2, 0) is 11.3 Å². The van der Waals surface area contributed by atoms with Gasteiger partial charge in [-0.05, 0) is 51.8 Å². The number of primary amides is 1. The van der Waals surface area contributed by atoms with Crippen LogP contribution in [-0.4, -0.2) is 19.6 Å². The van der Waals surface area contributed by atoms with Crippen LogP contribution >= 0.6 is 15.9 Å². The summed E-state index contributed by atoms with van der Waals surface area (Å²) < 4.78 is 24.4. The van der Waals surface area contributed by atoms with Crippen molar-refractivity contribution in [3.05, 3.63) is 52.3 Å². The number of carbonyl (C=O) groups is 1. The molecule has 3 N–H and O–H groups in total. The van der Waals surface area contributed by atoms with Gasteiger partial charge in [0.1, 0.15) is 5.82 Å². The van der Waals surface area contributed by atoms with Crippen molar-refractivity contribution < 1.29 is 18.7 Å². The van der Waals surface area contributed by atoms with E-state index in [2.05, 4.69) is 21.2 Å². The maximum Gasteiger partial charge on any atom is 0.255 e. The van der Waals surface area contributed by atoms with Gasteiger partial charge in [0, 0.05) is 12.2 Å². The highest BCUT2D eigenvalue weighted by Gasteiger charge is 2.08. The van der Waals surface area contributed by atoms with E-state index in [9.17, 15) is 9.18 Å². The lowest BCUT2D eigenvalue weighted by Crippen LogP contribution is -2.20. The number of hydrogen-bond donors (Lipinski definition) is 2. The summed E-state index contributed by atoms with van der Waals surface area (Å²) in [5, 5.41) is 3.11. The van der Waals surface area contributed by atoms with E-state index in [1.807, 2.05) is 6.07 Å². The van der Waals surface area contributed by atoms with Crippen LogP contribution in [0.2, 0.25) is 0 Å². The summed E-state index contributed by atoms with van der Waals surface area (Å²) in [6.07, 6.45) is 0. The third-order valence-electron chi connectivity index (χ3n) is 3.01. The van der Waals surface area contributed by atoms with Crippen LogP contribution in [0.3, 0.4) is 0 Å².